The monoisotopic (exact) mass is 387 g/mol. The number of nitrogens with zero attached hydrogens (tertiary/aromatic N) is 3. The van der Waals surface area contributed by atoms with Crippen LogP contribution in [0.25, 0.3) is 10.9 Å². The SMILES string of the molecule is O=S(=O)(c1cccc2cccnc12)N1CC2(CC(N3CCCCC3)CO2)C1. The summed E-state index contributed by atoms with van der Waals surface area (Å²) >= 11 is 0. The van der Waals surface area contributed by atoms with Crippen molar-refractivity contribution in [1.82, 2.24) is 14.2 Å². The quantitative estimate of drug-likeness (QED) is 0.808. The minimum atomic E-state index is -3.56. The third kappa shape index (κ3) is 2.97. The fraction of sp³-hybridized carbons (Fsp3) is 0.550. The second-order valence-electron chi connectivity index (χ2n) is 8.05. The molecule has 3 aliphatic heterocycles. The lowest BCUT2D eigenvalue weighted by Gasteiger charge is -2.46. The smallest absolute Gasteiger partial charge is 0.245 e. The highest BCUT2D eigenvalue weighted by Gasteiger charge is 2.54. The lowest BCUT2D eigenvalue weighted by molar-refractivity contribution is -0.0774. The molecule has 0 bridgehead atoms. The van der Waals surface area contributed by atoms with Crippen molar-refractivity contribution >= 4 is 20.9 Å². The molecule has 0 saturated carbocycles. The number of pyridine rings is 1. The van der Waals surface area contributed by atoms with E-state index in [0.29, 0.717) is 29.5 Å². The molecule has 6 nitrogen and oxygen atoms in total. The largest absolute Gasteiger partial charge is 0.371 e. The van der Waals surface area contributed by atoms with Crippen LogP contribution in [0.15, 0.2) is 41.4 Å². The molecule has 3 aliphatic rings. The number of para-hydroxylation sites is 1. The summed E-state index contributed by atoms with van der Waals surface area (Å²) in [6.07, 6.45) is 6.42. The Bertz CT molecular complexity index is 945. The summed E-state index contributed by atoms with van der Waals surface area (Å²) in [5.41, 5.74) is 0.243. The van der Waals surface area contributed by atoms with Gasteiger partial charge in [0.05, 0.1) is 17.7 Å². The van der Waals surface area contributed by atoms with Crippen molar-refractivity contribution in [3.05, 3.63) is 36.5 Å². The van der Waals surface area contributed by atoms with E-state index < -0.39 is 10.0 Å². The number of hydrogen-bond donors (Lipinski definition) is 0. The van der Waals surface area contributed by atoms with Crippen LogP contribution in [0.4, 0.5) is 0 Å². The van der Waals surface area contributed by atoms with Crippen molar-refractivity contribution in [2.75, 3.05) is 32.8 Å². The number of hydrogen-bond acceptors (Lipinski definition) is 5. The van der Waals surface area contributed by atoms with E-state index in [1.54, 1.807) is 22.6 Å². The lowest BCUT2D eigenvalue weighted by Crippen LogP contribution is -2.63. The van der Waals surface area contributed by atoms with Gasteiger partial charge >= 0.3 is 0 Å². The van der Waals surface area contributed by atoms with Crippen molar-refractivity contribution in [3.63, 3.8) is 0 Å². The zero-order valence-electron chi connectivity index (χ0n) is 15.4. The van der Waals surface area contributed by atoms with E-state index in [1.807, 2.05) is 18.2 Å². The number of fused-ring (bicyclic) bond motifs is 1. The topological polar surface area (TPSA) is 62.7 Å². The van der Waals surface area contributed by atoms with E-state index in [9.17, 15) is 8.42 Å². The van der Waals surface area contributed by atoms with E-state index in [2.05, 4.69) is 9.88 Å². The van der Waals surface area contributed by atoms with Crippen molar-refractivity contribution in [2.24, 2.45) is 0 Å². The van der Waals surface area contributed by atoms with Crippen LogP contribution in [0.5, 0.6) is 0 Å². The van der Waals surface area contributed by atoms with Gasteiger partial charge in [0, 0.05) is 30.7 Å². The predicted molar refractivity (Wildman–Crippen MR) is 103 cm³/mol. The number of rotatable bonds is 3. The number of benzene rings is 1. The fourth-order valence-corrected chi connectivity index (χ4v) is 6.50. The molecule has 1 unspecified atom stereocenters. The molecule has 2 aromatic rings. The van der Waals surface area contributed by atoms with E-state index in [0.717, 1.165) is 31.5 Å². The molecule has 0 amide bonds. The van der Waals surface area contributed by atoms with E-state index in [-0.39, 0.29) is 5.60 Å². The molecule has 0 radical (unpaired) electrons. The van der Waals surface area contributed by atoms with Gasteiger partial charge in [0.25, 0.3) is 0 Å². The molecule has 3 saturated heterocycles. The second kappa shape index (κ2) is 6.51. The highest BCUT2D eigenvalue weighted by molar-refractivity contribution is 7.89. The minimum absolute atomic E-state index is 0.293. The summed E-state index contributed by atoms with van der Waals surface area (Å²) in [6, 6.07) is 9.48. The Kier molecular flexibility index (Phi) is 4.23. The predicted octanol–water partition coefficient (Wildman–Crippen LogP) is 2.25. The molecular formula is C20H25N3O3S. The minimum Gasteiger partial charge on any atom is -0.371 e. The van der Waals surface area contributed by atoms with Crippen molar-refractivity contribution < 1.29 is 13.2 Å². The Morgan fingerprint density at radius 2 is 1.85 bits per heavy atom. The molecule has 4 heterocycles. The molecule has 1 aromatic heterocycles. The third-order valence-corrected chi connectivity index (χ3v) is 8.06. The van der Waals surface area contributed by atoms with Gasteiger partial charge in [-0.3, -0.25) is 9.88 Å². The zero-order chi connectivity index (χ0) is 18.5. The molecule has 7 heteroatoms. The van der Waals surface area contributed by atoms with Crippen molar-refractivity contribution in [1.29, 1.82) is 0 Å². The second-order valence-corrected chi connectivity index (χ2v) is 9.96. The summed E-state index contributed by atoms with van der Waals surface area (Å²) in [6.45, 7) is 3.91. The van der Waals surface area contributed by atoms with E-state index >= 15 is 0 Å². The molecule has 1 aromatic carbocycles. The van der Waals surface area contributed by atoms with Crippen LogP contribution in [0.3, 0.4) is 0 Å². The number of piperidine rings is 1. The Labute approximate surface area is 160 Å². The molecular weight excluding hydrogens is 362 g/mol. The number of ether oxygens (including phenoxy) is 1. The number of likely N-dealkylation sites (tertiary alicyclic amines) is 1. The zero-order valence-corrected chi connectivity index (χ0v) is 16.2. The van der Waals surface area contributed by atoms with Gasteiger partial charge in [-0.15, -0.1) is 0 Å². The Morgan fingerprint density at radius 1 is 1.07 bits per heavy atom. The average Bonchev–Trinajstić information content (AvgIpc) is 3.13. The van der Waals surface area contributed by atoms with Gasteiger partial charge in [0.1, 0.15) is 4.90 Å². The van der Waals surface area contributed by atoms with Crippen LogP contribution in [-0.4, -0.2) is 67.0 Å². The highest BCUT2D eigenvalue weighted by atomic mass is 32.2. The molecule has 0 aliphatic carbocycles. The van der Waals surface area contributed by atoms with E-state index in [1.165, 1.54) is 19.3 Å². The Morgan fingerprint density at radius 3 is 2.67 bits per heavy atom. The van der Waals surface area contributed by atoms with Crippen LogP contribution < -0.4 is 0 Å². The van der Waals surface area contributed by atoms with Crippen LogP contribution >= 0.6 is 0 Å². The molecule has 0 N–H and O–H groups in total. The summed E-state index contributed by atoms with van der Waals surface area (Å²) in [5, 5.41) is 0.844. The first kappa shape index (κ1) is 17.6. The first-order valence-electron chi connectivity index (χ1n) is 9.79. The first-order valence-corrected chi connectivity index (χ1v) is 11.2. The standard InChI is InChI=1S/C20H25N3O3S/c24-27(25,18-8-4-6-16-7-5-9-21-19(16)18)23-14-20(15-23)12-17(13-26-20)22-10-2-1-3-11-22/h4-9,17H,1-3,10-15H2. The summed E-state index contributed by atoms with van der Waals surface area (Å²) < 4.78 is 34.0. The van der Waals surface area contributed by atoms with Gasteiger partial charge in [-0.25, -0.2) is 8.42 Å². The third-order valence-electron chi connectivity index (χ3n) is 6.24. The molecule has 1 atom stereocenters. The number of sulfonamides is 1. The summed E-state index contributed by atoms with van der Waals surface area (Å²) in [5.74, 6) is 0. The van der Waals surface area contributed by atoms with E-state index in [4.69, 9.17) is 4.74 Å². The van der Waals surface area contributed by atoms with Gasteiger partial charge in [0.15, 0.2) is 0 Å². The normalized spacial score (nSPS) is 26.4. The summed E-state index contributed by atoms with van der Waals surface area (Å²) in [4.78, 5) is 7.13. The maximum absolute atomic E-state index is 13.2. The van der Waals surface area contributed by atoms with Crippen molar-refractivity contribution in [3.8, 4) is 0 Å². The Hall–Kier alpha value is -1.54. The van der Waals surface area contributed by atoms with Gasteiger partial charge in [-0.2, -0.15) is 4.31 Å². The molecule has 5 rings (SSSR count). The van der Waals surface area contributed by atoms with Crippen LogP contribution in [0.1, 0.15) is 25.7 Å². The fourth-order valence-electron chi connectivity index (χ4n) is 4.75. The molecule has 144 valence electrons. The number of aromatic nitrogens is 1. The maximum Gasteiger partial charge on any atom is 0.245 e. The Balaban J connectivity index is 1.33. The van der Waals surface area contributed by atoms with Gasteiger partial charge in [0.2, 0.25) is 10.0 Å². The summed E-state index contributed by atoms with van der Waals surface area (Å²) in [7, 11) is -3.56. The lowest BCUT2D eigenvalue weighted by atomic mass is 9.91. The molecule has 27 heavy (non-hydrogen) atoms. The average molecular weight is 388 g/mol. The van der Waals surface area contributed by atoms with Crippen LogP contribution in [-0.2, 0) is 14.8 Å². The van der Waals surface area contributed by atoms with Crippen LogP contribution in [0.2, 0.25) is 0 Å². The molecule has 3 fully saturated rings. The van der Waals surface area contributed by atoms with Gasteiger partial charge in [-0.1, -0.05) is 24.6 Å². The molecule has 1 spiro atoms. The van der Waals surface area contributed by atoms with Crippen LogP contribution in [0, 0.1) is 0 Å². The van der Waals surface area contributed by atoms with Gasteiger partial charge in [-0.05, 0) is 44.5 Å². The first-order chi connectivity index (χ1) is 13.1. The van der Waals surface area contributed by atoms with Gasteiger partial charge < -0.3 is 4.74 Å². The highest BCUT2D eigenvalue weighted by Crippen LogP contribution is 2.40. The maximum atomic E-state index is 13.2. The van der Waals surface area contributed by atoms with Crippen molar-refractivity contribution in [2.45, 2.75) is 42.2 Å².